The molecule has 1 heterocycles. The second-order valence-corrected chi connectivity index (χ2v) is 4.11. The van der Waals surface area contributed by atoms with Gasteiger partial charge < -0.3 is 4.74 Å². The van der Waals surface area contributed by atoms with E-state index in [0.29, 0.717) is 12.6 Å². The van der Waals surface area contributed by atoms with Crippen LogP contribution in [0, 0.1) is 11.3 Å². The third-order valence-corrected chi connectivity index (χ3v) is 2.91. The highest BCUT2D eigenvalue weighted by molar-refractivity contribution is 5.08. The molecule has 3 heteroatoms. The average Bonchev–Trinajstić information content (AvgIpc) is 2.44. The molecular formula is C11H20N2O. The van der Waals surface area contributed by atoms with Gasteiger partial charge in [0, 0.05) is 25.7 Å². The minimum atomic E-state index is -0.341. The van der Waals surface area contributed by atoms with Crippen LogP contribution in [0.15, 0.2) is 0 Å². The molecule has 14 heavy (non-hydrogen) atoms. The van der Waals surface area contributed by atoms with E-state index in [0.717, 1.165) is 32.3 Å². The first-order chi connectivity index (χ1) is 6.72. The van der Waals surface area contributed by atoms with Crippen molar-refractivity contribution in [2.45, 2.75) is 51.1 Å². The third kappa shape index (κ3) is 2.97. The van der Waals surface area contributed by atoms with E-state index in [4.69, 9.17) is 4.74 Å². The maximum Gasteiger partial charge on any atom is 0.109 e. The fourth-order valence-corrected chi connectivity index (χ4v) is 1.81. The van der Waals surface area contributed by atoms with E-state index in [2.05, 4.69) is 25.2 Å². The van der Waals surface area contributed by atoms with Gasteiger partial charge in [-0.1, -0.05) is 6.92 Å². The molecule has 1 fully saturated rings. The SMILES string of the molecule is CCC(C)NC1(C#N)CCCOCC1. The quantitative estimate of drug-likeness (QED) is 0.749. The van der Waals surface area contributed by atoms with E-state index in [1.54, 1.807) is 0 Å². The van der Waals surface area contributed by atoms with Gasteiger partial charge >= 0.3 is 0 Å². The Labute approximate surface area is 86.4 Å². The van der Waals surface area contributed by atoms with E-state index >= 15 is 0 Å². The Morgan fingerprint density at radius 3 is 2.93 bits per heavy atom. The molecule has 0 bridgehead atoms. The molecular weight excluding hydrogens is 176 g/mol. The Balaban J connectivity index is 2.59. The van der Waals surface area contributed by atoms with E-state index in [1.165, 1.54) is 0 Å². The fourth-order valence-electron chi connectivity index (χ4n) is 1.81. The fraction of sp³-hybridized carbons (Fsp3) is 0.909. The summed E-state index contributed by atoms with van der Waals surface area (Å²) in [5, 5.41) is 12.7. The van der Waals surface area contributed by atoms with Gasteiger partial charge in [-0.15, -0.1) is 0 Å². The van der Waals surface area contributed by atoms with Crippen LogP contribution in [-0.2, 0) is 4.74 Å². The van der Waals surface area contributed by atoms with Crippen molar-refractivity contribution in [1.29, 1.82) is 5.26 Å². The number of nitriles is 1. The highest BCUT2D eigenvalue weighted by Crippen LogP contribution is 2.21. The molecule has 0 aromatic carbocycles. The van der Waals surface area contributed by atoms with E-state index in [9.17, 15) is 5.26 Å². The number of nitrogens with zero attached hydrogens (tertiary/aromatic N) is 1. The van der Waals surface area contributed by atoms with Crippen LogP contribution in [0.1, 0.15) is 39.5 Å². The Bertz CT molecular complexity index is 202. The molecule has 0 aromatic rings. The number of hydrogen-bond donors (Lipinski definition) is 1. The van der Waals surface area contributed by atoms with Gasteiger partial charge in [-0.3, -0.25) is 5.32 Å². The Kier molecular flexibility index (Phi) is 4.37. The summed E-state index contributed by atoms with van der Waals surface area (Å²) in [6.45, 7) is 5.77. The van der Waals surface area contributed by atoms with Crippen molar-refractivity contribution in [1.82, 2.24) is 5.32 Å². The zero-order valence-corrected chi connectivity index (χ0v) is 9.18. The van der Waals surface area contributed by atoms with Crippen molar-refractivity contribution >= 4 is 0 Å². The molecule has 0 radical (unpaired) electrons. The molecule has 0 amide bonds. The van der Waals surface area contributed by atoms with Crippen molar-refractivity contribution in [3.63, 3.8) is 0 Å². The molecule has 1 aliphatic rings. The van der Waals surface area contributed by atoms with Crippen LogP contribution in [0.4, 0.5) is 0 Å². The first-order valence-corrected chi connectivity index (χ1v) is 5.49. The zero-order chi connectivity index (χ0) is 10.4. The predicted molar refractivity (Wildman–Crippen MR) is 55.9 cm³/mol. The minimum Gasteiger partial charge on any atom is -0.381 e. The second-order valence-electron chi connectivity index (χ2n) is 4.11. The van der Waals surface area contributed by atoms with Crippen LogP contribution in [0.5, 0.6) is 0 Å². The van der Waals surface area contributed by atoms with E-state index in [1.807, 2.05) is 0 Å². The summed E-state index contributed by atoms with van der Waals surface area (Å²) in [4.78, 5) is 0. The van der Waals surface area contributed by atoms with Crippen LogP contribution < -0.4 is 5.32 Å². The van der Waals surface area contributed by atoms with Crippen LogP contribution in [0.25, 0.3) is 0 Å². The van der Waals surface area contributed by atoms with Crippen LogP contribution in [-0.4, -0.2) is 24.8 Å². The smallest absolute Gasteiger partial charge is 0.109 e. The van der Waals surface area contributed by atoms with Crippen molar-refractivity contribution in [2.75, 3.05) is 13.2 Å². The first-order valence-electron chi connectivity index (χ1n) is 5.49. The summed E-state index contributed by atoms with van der Waals surface area (Å²) in [6.07, 6.45) is 3.77. The lowest BCUT2D eigenvalue weighted by atomic mass is 9.91. The molecule has 1 saturated heterocycles. The van der Waals surface area contributed by atoms with E-state index in [-0.39, 0.29) is 5.54 Å². The number of rotatable bonds is 3. The molecule has 1 aliphatic heterocycles. The van der Waals surface area contributed by atoms with Gasteiger partial charge in [0.1, 0.15) is 5.54 Å². The Hall–Kier alpha value is -0.590. The van der Waals surface area contributed by atoms with Crippen LogP contribution in [0.3, 0.4) is 0 Å². The van der Waals surface area contributed by atoms with Gasteiger partial charge in [-0.2, -0.15) is 5.26 Å². The lowest BCUT2D eigenvalue weighted by molar-refractivity contribution is 0.139. The van der Waals surface area contributed by atoms with Gasteiger partial charge in [-0.25, -0.2) is 0 Å². The summed E-state index contributed by atoms with van der Waals surface area (Å²) >= 11 is 0. The van der Waals surface area contributed by atoms with Crippen molar-refractivity contribution < 1.29 is 4.74 Å². The van der Waals surface area contributed by atoms with Crippen LogP contribution >= 0.6 is 0 Å². The molecule has 2 atom stereocenters. The van der Waals surface area contributed by atoms with Gasteiger partial charge in [0.15, 0.2) is 0 Å². The number of nitrogens with one attached hydrogen (secondary N) is 1. The maximum absolute atomic E-state index is 9.24. The first kappa shape index (κ1) is 11.5. The standard InChI is InChI=1S/C11H20N2O/c1-3-10(2)13-11(9-12)5-4-7-14-8-6-11/h10,13H,3-8H2,1-2H3. The molecule has 0 saturated carbocycles. The molecule has 0 aromatic heterocycles. The molecule has 1 N–H and O–H groups in total. The van der Waals surface area contributed by atoms with Crippen LogP contribution in [0.2, 0.25) is 0 Å². The molecule has 3 nitrogen and oxygen atoms in total. The number of ether oxygens (including phenoxy) is 1. The van der Waals surface area contributed by atoms with Gasteiger partial charge in [0.25, 0.3) is 0 Å². The summed E-state index contributed by atoms with van der Waals surface area (Å²) in [5.41, 5.74) is -0.341. The topological polar surface area (TPSA) is 45.0 Å². The second kappa shape index (κ2) is 5.33. The average molecular weight is 196 g/mol. The van der Waals surface area contributed by atoms with Gasteiger partial charge in [-0.05, 0) is 26.2 Å². The summed E-state index contributed by atoms with van der Waals surface area (Å²) in [5.74, 6) is 0. The van der Waals surface area contributed by atoms with Crippen molar-refractivity contribution in [2.24, 2.45) is 0 Å². The summed E-state index contributed by atoms with van der Waals surface area (Å²) in [7, 11) is 0. The Morgan fingerprint density at radius 1 is 1.50 bits per heavy atom. The minimum absolute atomic E-state index is 0.341. The highest BCUT2D eigenvalue weighted by Gasteiger charge is 2.31. The molecule has 2 unspecified atom stereocenters. The zero-order valence-electron chi connectivity index (χ0n) is 9.18. The highest BCUT2D eigenvalue weighted by atomic mass is 16.5. The third-order valence-electron chi connectivity index (χ3n) is 2.91. The maximum atomic E-state index is 9.24. The molecule has 1 rings (SSSR count). The van der Waals surface area contributed by atoms with E-state index < -0.39 is 0 Å². The summed E-state index contributed by atoms with van der Waals surface area (Å²) in [6, 6.07) is 2.84. The monoisotopic (exact) mass is 196 g/mol. The number of hydrogen-bond acceptors (Lipinski definition) is 3. The lowest BCUT2D eigenvalue weighted by Gasteiger charge is -2.29. The molecule has 80 valence electrons. The lowest BCUT2D eigenvalue weighted by Crippen LogP contribution is -2.48. The molecule has 0 spiro atoms. The largest absolute Gasteiger partial charge is 0.381 e. The van der Waals surface area contributed by atoms with Gasteiger partial charge in [0.2, 0.25) is 0 Å². The summed E-state index contributed by atoms with van der Waals surface area (Å²) < 4.78 is 5.38. The van der Waals surface area contributed by atoms with Crippen molar-refractivity contribution in [3.05, 3.63) is 0 Å². The normalized spacial score (nSPS) is 30.4. The Morgan fingerprint density at radius 2 is 2.29 bits per heavy atom. The van der Waals surface area contributed by atoms with Crippen molar-refractivity contribution in [3.8, 4) is 6.07 Å². The molecule has 0 aliphatic carbocycles. The predicted octanol–water partition coefficient (Wildman–Crippen LogP) is 1.84. The van der Waals surface area contributed by atoms with Gasteiger partial charge in [0.05, 0.1) is 6.07 Å².